The highest BCUT2D eigenvalue weighted by molar-refractivity contribution is 5.94. The molecule has 0 saturated heterocycles. The van der Waals surface area contributed by atoms with E-state index in [0.29, 0.717) is 12.1 Å². The molecule has 4 rings (SSSR count). The minimum atomic E-state index is -0.102. The van der Waals surface area contributed by atoms with Gasteiger partial charge in [-0.3, -0.25) is 4.79 Å². The maximum absolute atomic E-state index is 12.4. The van der Waals surface area contributed by atoms with Gasteiger partial charge in [-0.25, -0.2) is 4.98 Å². The monoisotopic (exact) mass is 373 g/mol. The minimum Gasteiger partial charge on any atom is -0.497 e. The summed E-state index contributed by atoms with van der Waals surface area (Å²) in [5.41, 5.74) is 4.27. The molecule has 0 bridgehead atoms. The van der Waals surface area contributed by atoms with Crippen LogP contribution in [0.15, 0.2) is 66.9 Å². The third kappa shape index (κ3) is 3.83. The Kier molecular flexibility index (Phi) is 5.24. The Labute approximate surface area is 165 Å². The molecular weight excluding hydrogens is 350 g/mol. The van der Waals surface area contributed by atoms with E-state index in [0.717, 1.165) is 36.5 Å². The predicted octanol–water partition coefficient (Wildman–Crippen LogP) is 3.76. The fourth-order valence-corrected chi connectivity index (χ4v) is 3.47. The average Bonchev–Trinajstić information content (AvgIpc) is 3.18. The first kappa shape index (κ1) is 18.0. The van der Waals surface area contributed by atoms with E-state index >= 15 is 0 Å². The average molecular weight is 373 g/mol. The number of para-hydroxylation sites is 1. The highest BCUT2D eigenvalue weighted by Gasteiger charge is 2.20. The zero-order chi connectivity index (χ0) is 19.3. The Morgan fingerprint density at radius 2 is 1.93 bits per heavy atom. The zero-order valence-electron chi connectivity index (χ0n) is 15.9. The summed E-state index contributed by atoms with van der Waals surface area (Å²) >= 11 is 0. The molecule has 2 heterocycles. The fourth-order valence-electron chi connectivity index (χ4n) is 3.47. The number of carbonyl (C=O) groups is 1. The quantitative estimate of drug-likeness (QED) is 0.715. The number of hydrogen-bond donors (Lipinski definition) is 1. The van der Waals surface area contributed by atoms with Crippen LogP contribution in [0.4, 0.5) is 11.5 Å². The second-order valence-corrected chi connectivity index (χ2v) is 6.79. The van der Waals surface area contributed by atoms with Gasteiger partial charge >= 0.3 is 0 Å². The number of anilines is 2. The molecule has 0 saturated carbocycles. The first-order valence-corrected chi connectivity index (χ1v) is 9.47. The maximum Gasteiger partial charge on any atom is 0.252 e. The Hall–Kier alpha value is -3.34. The molecule has 142 valence electrons. The minimum absolute atomic E-state index is 0.102. The van der Waals surface area contributed by atoms with Gasteiger partial charge in [0.25, 0.3) is 5.91 Å². The molecule has 0 aliphatic carbocycles. The topological polar surface area (TPSA) is 54.5 Å². The Morgan fingerprint density at radius 3 is 2.68 bits per heavy atom. The number of ether oxygens (including phenoxy) is 1. The van der Waals surface area contributed by atoms with E-state index in [1.165, 1.54) is 11.3 Å². The molecular formula is C23H23N3O2. The molecule has 2 aromatic carbocycles. The van der Waals surface area contributed by atoms with Gasteiger partial charge in [0.1, 0.15) is 11.6 Å². The van der Waals surface area contributed by atoms with Crippen molar-refractivity contribution in [2.24, 2.45) is 0 Å². The van der Waals surface area contributed by atoms with Crippen LogP contribution in [0.25, 0.3) is 0 Å². The van der Waals surface area contributed by atoms with Crippen LogP contribution in [0.3, 0.4) is 0 Å². The second-order valence-electron chi connectivity index (χ2n) is 6.79. The van der Waals surface area contributed by atoms with Gasteiger partial charge in [0.15, 0.2) is 0 Å². The lowest BCUT2D eigenvalue weighted by Gasteiger charge is -2.18. The van der Waals surface area contributed by atoms with Crippen molar-refractivity contribution in [3.8, 4) is 5.75 Å². The zero-order valence-corrected chi connectivity index (χ0v) is 15.9. The number of pyridine rings is 1. The molecule has 3 aromatic rings. The van der Waals surface area contributed by atoms with Crippen LogP contribution in [0.1, 0.15) is 21.5 Å². The van der Waals surface area contributed by atoms with Crippen molar-refractivity contribution in [3.05, 3.63) is 83.6 Å². The lowest BCUT2D eigenvalue weighted by Crippen LogP contribution is -2.26. The van der Waals surface area contributed by atoms with Gasteiger partial charge in [-0.15, -0.1) is 0 Å². The van der Waals surface area contributed by atoms with Gasteiger partial charge < -0.3 is 15.0 Å². The van der Waals surface area contributed by atoms with Crippen LogP contribution in [-0.4, -0.2) is 31.1 Å². The van der Waals surface area contributed by atoms with Crippen molar-refractivity contribution in [3.63, 3.8) is 0 Å². The number of benzene rings is 2. The summed E-state index contributed by atoms with van der Waals surface area (Å²) in [6.45, 7) is 1.49. The second kappa shape index (κ2) is 8.13. The van der Waals surface area contributed by atoms with E-state index in [2.05, 4.69) is 33.4 Å². The number of rotatable bonds is 6. The number of nitrogens with zero attached hydrogens (tertiary/aromatic N) is 2. The number of nitrogens with one attached hydrogen (secondary N) is 1. The van der Waals surface area contributed by atoms with Crippen LogP contribution < -0.4 is 15.0 Å². The number of fused-ring (bicyclic) bond motifs is 1. The van der Waals surface area contributed by atoms with E-state index in [1.54, 1.807) is 13.3 Å². The third-order valence-electron chi connectivity index (χ3n) is 5.03. The maximum atomic E-state index is 12.4. The first-order valence-electron chi connectivity index (χ1n) is 9.47. The van der Waals surface area contributed by atoms with Crippen molar-refractivity contribution in [2.45, 2.75) is 12.8 Å². The Bertz CT molecular complexity index is 952. The van der Waals surface area contributed by atoms with Crippen LogP contribution in [-0.2, 0) is 12.8 Å². The molecule has 0 unspecified atom stereocenters. The third-order valence-corrected chi connectivity index (χ3v) is 5.03. The molecule has 0 atom stereocenters. The first-order chi connectivity index (χ1) is 13.7. The molecule has 0 fully saturated rings. The summed E-state index contributed by atoms with van der Waals surface area (Å²) in [5.74, 6) is 1.61. The van der Waals surface area contributed by atoms with Crippen molar-refractivity contribution < 1.29 is 9.53 Å². The molecule has 1 aliphatic heterocycles. The van der Waals surface area contributed by atoms with Gasteiger partial charge in [-0.2, -0.15) is 0 Å². The van der Waals surface area contributed by atoms with Crippen molar-refractivity contribution >= 4 is 17.4 Å². The van der Waals surface area contributed by atoms with E-state index < -0.39 is 0 Å². The van der Waals surface area contributed by atoms with Crippen molar-refractivity contribution in [1.29, 1.82) is 0 Å². The highest BCUT2D eigenvalue weighted by Crippen LogP contribution is 2.32. The number of amides is 1. The summed E-state index contributed by atoms with van der Waals surface area (Å²) in [6, 6.07) is 20.0. The van der Waals surface area contributed by atoms with Gasteiger partial charge in [0.2, 0.25) is 0 Å². The predicted molar refractivity (Wildman–Crippen MR) is 110 cm³/mol. The molecule has 1 amide bonds. The van der Waals surface area contributed by atoms with Gasteiger partial charge in [0, 0.05) is 25.0 Å². The van der Waals surface area contributed by atoms with Gasteiger partial charge in [-0.1, -0.05) is 30.3 Å². The van der Waals surface area contributed by atoms with Gasteiger partial charge in [-0.05, 0) is 54.3 Å². The van der Waals surface area contributed by atoms with Crippen molar-refractivity contribution in [1.82, 2.24) is 10.3 Å². The molecule has 0 radical (unpaired) electrons. The molecule has 1 N–H and O–H groups in total. The van der Waals surface area contributed by atoms with Crippen LogP contribution >= 0.6 is 0 Å². The van der Waals surface area contributed by atoms with Crippen LogP contribution in [0, 0.1) is 0 Å². The van der Waals surface area contributed by atoms with E-state index in [4.69, 9.17) is 4.74 Å². The van der Waals surface area contributed by atoms with E-state index in [-0.39, 0.29) is 5.91 Å². The summed E-state index contributed by atoms with van der Waals surface area (Å²) in [7, 11) is 1.65. The summed E-state index contributed by atoms with van der Waals surface area (Å²) < 4.78 is 5.16. The summed E-state index contributed by atoms with van der Waals surface area (Å²) in [5, 5.41) is 2.96. The van der Waals surface area contributed by atoms with Crippen LogP contribution in [0.2, 0.25) is 0 Å². The smallest absolute Gasteiger partial charge is 0.252 e. The molecule has 0 spiro atoms. The normalized spacial score (nSPS) is 12.5. The molecule has 1 aliphatic rings. The fraction of sp³-hybridized carbons (Fsp3) is 0.217. The van der Waals surface area contributed by atoms with Crippen LogP contribution in [0.5, 0.6) is 5.75 Å². The molecule has 28 heavy (non-hydrogen) atoms. The Balaban J connectivity index is 1.34. The number of methoxy groups -OCH3 is 1. The molecule has 5 heteroatoms. The van der Waals surface area contributed by atoms with E-state index in [1.807, 2.05) is 42.5 Å². The standard InChI is InChI=1S/C23H23N3O2/c1-28-20-9-6-17(7-10-20)12-14-24-23(27)19-8-11-22(25-16-19)26-15-13-18-4-2-3-5-21(18)26/h2-11,16H,12-15H2,1H3,(H,24,27). The lowest BCUT2D eigenvalue weighted by atomic mass is 10.1. The summed E-state index contributed by atoms with van der Waals surface area (Å²) in [6.07, 6.45) is 3.44. The summed E-state index contributed by atoms with van der Waals surface area (Å²) in [4.78, 5) is 19.1. The number of aromatic nitrogens is 1. The number of carbonyl (C=O) groups excluding carboxylic acids is 1. The molecule has 5 nitrogen and oxygen atoms in total. The van der Waals surface area contributed by atoms with Gasteiger partial charge in [0.05, 0.1) is 12.7 Å². The highest BCUT2D eigenvalue weighted by atomic mass is 16.5. The lowest BCUT2D eigenvalue weighted by molar-refractivity contribution is 0.0954. The van der Waals surface area contributed by atoms with Crippen molar-refractivity contribution in [2.75, 3.05) is 25.1 Å². The molecule has 1 aromatic heterocycles. The number of hydrogen-bond acceptors (Lipinski definition) is 4. The van der Waals surface area contributed by atoms with E-state index in [9.17, 15) is 4.79 Å². The largest absolute Gasteiger partial charge is 0.497 e. The SMILES string of the molecule is COc1ccc(CCNC(=O)c2ccc(N3CCc4ccccc43)nc2)cc1. The Morgan fingerprint density at radius 1 is 1.11 bits per heavy atom.